The van der Waals surface area contributed by atoms with Crippen molar-refractivity contribution in [1.29, 1.82) is 0 Å². The normalized spacial score (nSPS) is 21.4. The minimum Gasteiger partial charge on any atom is -0.497 e. The molecule has 0 bridgehead atoms. The number of ether oxygens (including phenoxy) is 2. The van der Waals surface area contributed by atoms with Gasteiger partial charge in [-0.2, -0.15) is 13.1 Å². The lowest BCUT2D eigenvalue weighted by Crippen LogP contribution is -2.28. The highest BCUT2D eigenvalue weighted by Crippen LogP contribution is 2.28. The van der Waals surface area contributed by atoms with E-state index >= 15 is 0 Å². The Morgan fingerprint density at radius 3 is 2.17 bits per heavy atom. The van der Waals surface area contributed by atoms with Gasteiger partial charge in [0.25, 0.3) is 0 Å². The van der Waals surface area contributed by atoms with Crippen LogP contribution in [0.15, 0.2) is 22.6 Å². The van der Waals surface area contributed by atoms with Gasteiger partial charge in [0.2, 0.25) is 0 Å². The molecule has 1 heterocycles. The van der Waals surface area contributed by atoms with Gasteiger partial charge in [-0.1, -0.05) is 0 Å². The van der Waals surface area contributed by atoms with Crippen LogP contribution in [0.4, 0.5) is 0 Å². The van der Waals surface area contributed by atoms with Crippen molar-refractivity contribution in [3.63, 3.8) is 0 Å². The molecular weight excluding hydrogens is 258 g/mol. The van der Waals surface area contributed by atoms with E-state index in [-0.39, 0.29) is 5.84 Å². The van der Waals surface area contributed by atoms with Crippen molar-refractivity contribution in [3.8, 4) is 11.5 Å². The second-order valence-electron chi connectivity index (χ2n) is 3.69. The lowest BCUT2D eigenvalue weighted by atomic mass is 10.1. The van der Waals surface area contributed by atoms with E-state index in [1.54, 1.807) is 18.2 Å². The third kappa shape index (κ3) is 2.39. The zero-order valence-electron chi connectivity index (χ0n) is 9.88. The average Bonchev–Trinajstić information content (AvgIpc) is 2.62. The zero-order chi connectivity index (χ0) is 13.3. The van der Waals surface area contributed by atoms with Gasteiger partial charge < -0.3 is 15.2 Å². The fraction of sp³-hybridized carbons (Fsp3) is 0.300. The molecule has 0 aliphatic carbocycles. The maximum absolute atomic E-state index is 11.3. The summed E-state index contributed by atoms with van der Waals surface area (Å²) in [5, 5.41) is 0. The fourth-order valence-electron chi connectivity index (χ4n) is 1.66. The molecule has 1 aromatic rings. The van der Waals surface area contributed by atoms with Crippen molar-refractivity contribution in [2.75, 3.05) is 14.2 Å². The monoisotopic (exact) mass is 271 g/mol. The van der Waals surface area contributed by atoms with E-state index in [1.807, 2.05) is 0 Å². The van der Waals surface area contributed by atoms with Crippen molar-refractivity contribution in [2.45, 2.75) is 6.04 Å². The SMILES string of the molecule is COc1cc(OC)cc([C@H]2NS(=O)(=O)N=C2N)c1. The van der Waals surface area contributed by atoms with Crippen molar-refractivity contribution < 1.29 is 17.9 Å². The summed E-state index contributed by atoms with van der Waals surface area (Å²) in [7, 11) is -0.683. The molecule has 0 fully saturated rings. The molecule has 8 heteroatoms. The fourth-order valence-corrected chi connectivity index (χ4v) is 2.65. The number of rotatable bonds is 3. The van der Waals surface area contributed by atoms with E-state index in [4.69, 9.17) is 15.2 Å². The van der Waals surface area contributed by atoms with Crippen LogP contribution >= 0.6 is 0 Å². The van der Waals surface area contributed by atoms with Gasteiger partial charge in [0.05, 0.1) is 14.2 Å². The second kappa shape index (κ2) is 4.46. The molecule has 0 saturated heterocycles. The van der Waals surface area contributed by atoms with E-state index in [1.165, 1.54) is 14.2 Å². The zero-order valence-corrected chi connectivity index (χ0v) is 10.7. The van der Waals surface area contributed by atoms with E-state index in [0.717, 1.165) is 0 Å². The standard InChI is InChI=1S/C10H13N3O4S/c1-16-7-3-6(4-8(5-7)17-2)9-10(11)13-18(14,15)12-9/h3-5,9,12H,1-2H3,(H2,11,13)/t9-/m1/s1. The minimum absolute atomic E-state index is 0.00898. The molecule has 18 heavy (non-hydrogen) atoms. The van der Waals surface area contributed by atoms with E-state index in [9.17, 15) is 8.42 Å². The average molecular weight is 271 g/mol. The Balaban J connectivity index is 2.43. The van der Waals surface area contributed by atoms with E-state index < -0.39 is 16.3 Å². The molecule has 0 radical (unpaired) electrons. The summed E-state index contributed by atoms with van der Waals surface area (Å²) in [6.07, 6.45) is 0. The molecular formula is C10H13N3O4S. The predicted octanol–water partition coefficient (Wildman–Crippen LogP) is -0.0499. The molecule has 0 amide bonds. The number of hydrogen-bond donors (Lipinski definition) is 2. The summed E-state index contributed by atoms with van der Waals surface area (Å²) in [5.74, 6) is 1.08. The quantitative estimate of drug-likeness (QED) is 0.802. The molecule has 7 nitrogen and oxygen atoms in total. The first kappa shape index (κ1) is 12.7. The van der Waals surface area contributed by atoms with Crippen LogP contribution in [0.5, 0.6) is 11.5 Å². The highest BCUT2D eigenvalue weighted by atomic mass is 32.2. The third-order valence-electron chi connectivity index (χ3n) is 2.50. The smallest absolute Gasteiger partial charge is 0.322 e. The molecule has 2 rings (SSSR count). The van der Waals surface area contributed by atoms with Gasteiger partial charge >= 0.3 is 10.2 Å². The first-order valence-electron chi connectivity index (χ1n) is 5.06. The minimum atomic E-state index is -3.70. The molecule has 0 spiro atoms. The van der Waals surface area contributed by atoms with E-state index in [0.29, 0.717) is 17.1 Å². The number of nitrogens with zero attached hydrogens (tertiary/aromatic N) is 1. The summed E-state index contributed by atoms with van der Waals surface area (Å²) in [6.45, 7) is 0. The Bertz CT molecular complexity index is 575. The maximum Gasteiger partial charge on any atom is 0.322 e. The highest BCUT2D eigenvalue weighted by Gasteiger charge is 2.30. The Kier molecular flexibility index (Phi) is 3.14. The summed E-state index contributed by atoms with van der Waals surface area (Å²) in [5.41, 5.74) is 6.20. The molecule has 0 unspecified atom stereocenters. The van der Waals surface area contributed by atoms with Gasteiger partial charge in [-0.25, -0.2) is 0 Å². The molecule has 1 atom stereocenters. The van der Waals surface area contributed by atoms with Gasteiger partial charge in [-0.05, 0) is 17.7 Å². The van der Waals surface area contributed by atoms with Crippen LogP contribution in [0.25, 0.3) is 0 Å². The third-order valence-corrected chi connectivity index (χ3v) is 3.48. The summed E-state index contributed by atoms with van der Waals surface area (Å²) >= 11 is 0. The maximum atomic E-state index is 11.3. The Hall–Kier alpha value is -1.80. The van der Waals surface area contributed by atoms with Crippen LogP contribution in [0, 0.1) is 0 Å². The molecule has 3 N–H and O–H groups in total. The first-order valence-corrected chi connectivity index (χ1v) is 6.50. The van der Waals surface area contributed by atoms with Gasteiger partial charge in [0.1, 0.15) is 23.4 Å². The Labute approximate surface area is 105 Å². The van der Waals surface area contributed by atoms with Gasteiger partial charge in [0.15, 0.2) is 0 Å². The summed E-state index contributed by atoms with van der Waals surface area (Å²) in [6, 6.07) is 4.33. The van der Waals surface area contributed by atoms with Crippen LogP contribution in [-0.2, 0) is 10.2 Å². The van der Waals surface area contributed by atoms with Crippen LogP contribution in [0.3, 0.4) is 0 Å². The van der Waals surface area contributed by atoms with Crippen LogP contribution in [-0.4, -0.2) is 28.5 Å². The largest absolute Gasteiger partial charge is 0.497 e. The van der Waals surface area contributed by atoms with Gasteiger partial charge in [0, 0.05) is 6.07 Å². The van der Waals surface area contributed by atoms with Crippen molar-refractivity contribution in [1.82, 2.24) is 4.72 Å². The Morgan fingerprint density at radius 1 is 1.22 bits per heavy atom. The Morgan fingerprint density at radius 2 is 1.78 bits per heavy atom. The molecule has 98 valence electrons. The second-order valence-corrected chi connectivity index (χ2v) is 5.06. The molecule has 1 aromatic carbocycles. The molecule has 1 aliphatic rings. The highest BCUT2D eigenvalue weighted by molar-refractivity contribution is 7.88. The van der Waals surface area contributed by atoms with Gasteiger partial charge in [-0.3, -0.25) is 0 Å². The molecule has 0 aromatic heterocycles. The van der Waals surface area contributed by atoms with Crippen molar-refractivity contribution in [3.05, 3.63) is 23.8 Å². The summed E-state index contributed by atoms with van der Waals surface area (Å²) in [4.78, 5) is 0. The number of benzene rings is 1. The van der Waals surface area contributed by atoms with Crippen LogP contribution in [0.2, 0.25) is 0 Å². The number of hydrogen-bond acceptors (Lipinski definition) is 5. The number of nitrogens with two attached hydrogens (primary N) is 1. The molecule has 0 saturated carbocycles. The topological polar surface area (TPSA) is 103 Å². The number of nitrogens with one attached hydrogen (secondary N) is 1. The number of amidine groups is 1. The molecule has 1 aliphatic heterocycles. The lowest BCUT2D eigenvalue weighted by molar-refractivity contribution is 0.393. The number of methoxy groups -OCH3 is 2. The lowest BCUT2D eigenvalue weighted by Gasteiger charge is -2.13. The first-order chi connectivity index (χ1) is 8.45. The predicted molar refractivity (Wildman–Crippen MR) is 66.0 cm³/mol. The van der Waals surface area contributed by atoms with E-state index in [2.05, 4.69) is 9.12 Å². The van der Waals surface area contributed by atoms with Crippen LogP contribution < -0.4 is 19.9 Å². The van der Waals surface area contributed by atoms with Gasteiger partial charge in [-0.15, -0.1) is 4.40 Å². The summed E-state index contributed by atoms with van der Waals surface area (Å²) < 4.78 is 38.5. The van der Waals surface area contributed by atoms with Crippen LogP contribution in [0.1, 0.15) is 11.6 Å². The van der Waals surface area contributed by atoms with Crippen molar-refractivity contribution >= 4 is 16.0 Å². The van der Waals surface area contributed by atoms with Crippen molar-refractivity contribution in [2.24, 2.45) is 10.1 Å².